The zero-order chi connectivity index (χ0) is 15.9. The van der Waals surface area contributed by atoms with E-state index in [9.17, 15) is 17.6 Å². The second-order valence-corrected chi connectivity index (χ2v) is 7.21. The van der Waals surface area contributed by atoms with Crippen LogP contribution in [0.4, 0.5) is 15.8 Å². The van der Waals surface area contributed by atoms with Crippen molar-refractivity contribution < 1.29 is 22.3 Å². The van der Waals surface area contributed by atoms with Gasteiger partial charge in [0, 0.05) is 6.07 Å². The van der Waals surface area contributed by atoms with Crippen LogP contribution in [0.2, 0.25) is 0 Å². The van der Waals surface area contributed by atoms with Crippen molar-refractivity contribution in [2.75, 3.05) is 23.3 Å². The van der Waals surface area contributed by atoms with Gasteiger partial charge in [-0.3, -0.25) is 9.10 Å². The number of fused-ring (bicyclic) bond motifs is 1. The molecule has 1 amide bonds. The first kappa shape index (κ1) is 14.8. The van der Waals surface area contributed by atoms with E-state index in [-0.39, 0.29) is 21.3 Å². The molecule has 1 aromatic heterocycles. The zero-order valence-electron chi connectivity index (χ0n) is 11.4. The van der Waals surface area contributed by atoms with E-state index >= 15 is 0 Å². The van der Waals surface area contributed by atoms with Gasteiger partial charge in [-0.15, -0.1) is 11.3 Å². The van der Waals surface area contributed by atoms with Crippen LogP contribution in [0.1, 0.15) is 0 Å². The molecule has 0 fully saturated rings. The number of amides is 1. The molecule has 3 rings (SSSR count). The van der Waals surface area contributed by atoms with E-state index in [0.29, 0.717) is 0 Å². The van der Waals surface area contributed by atoms with Gasteiger partial charge in [-0.25, -0.2) is 12.8 Å². The SMILES string of the molecule is COc1sccc1S(=O)(=O)N1CC(=O)Nc2ccc(F)cc21. The Labute approximate surface area is 130 Å². The molecule has 2 heterocycles. The molecule has 9 heteroatoms. The molecule has 0 unspecified atom stereocenters. The number of halogens is 1. The van der Waals surface area contributed by atoms with Gasteiger partial charge >= 0.3 is 0 Å². The molecular formula is C13H11FN2O4S2. The quantitative estimate of drug-likeness (QED) is 0.926. The lowest BCUT2D eigenvalue weighted by molar-refractivity contribution is -0.115. The summed E-state index contributed by atoms with van der Waals surface area (Å²) in [5.74, 6) is -1.08. The molecule has 1 aliphatic heterocycles. The Kier molecular flexibility index (Phi) is 3.53. The molecule has 0 atom stereocenters. The molecule has 0 spiro atoms. The molecular weight excluding hydrogens is 331 g/mol. The second kappa shape index (κ2) is 5.25. The number of methoxy groups -OCH3 is 1. The number of nitrogens with zero attached hydrogens (tertiary/aromatic N) is 1. The lowest BCUT2D eigenvalue weighted by Crippen LogP contribution is -2.42. The maximum atomic E-state index is 13.5. The van der Waals surface area contributed by atoms with E-state index in [2.05, 4.69) is 5.32 Å². The van der Waals surface area contributed by atoms with E-state index < -0.39 is 28.3 Å². The number of rotatable bonds is 3. The van der Waals surface area contributed by atoms with Crippen LogP contribution in [0.3, 0.4) is 0 Å². The van der Waals surface area contributed by atoms with Crippen LogP contribution in [0.25, 0.3) is 0 Å². The standard InChI is InChI=1S/C13H11FN2O4S2/c1-20-13-11(4-5-21-13)22(18,19)16-7-12(17)15-9-3-2-8(14)6-10(9)16/h2-6H,7H2,1H3,(H,15,17). The van der Waals surface area contributed by atoms with Gasteiger partial charge in [0.05, 0.1) is 18.5 Å². The summed E-state index contributed by atoms with van der Waals surface area (Å²) in [5, 5.41) is 4.31. The first-order chi connectivity index (χ1) is 10.4. The van der Waals surface area contributed by atoms with Crippen molar-refractivity contribution in [3.63, 3.8) is 0 Å². The lowest BCUT2D eigenvalue weighted by Gasteiger charge is -2.29. The van der Waals surface area contributed by atoms with Crippen LogP contribution < -0.4 is 14.4 Å². The minimum Gasteiger partial charge on any atom is -0.486 e. The van der Waals surface area contributed by atoms with E-state index in [1.807, 2.05) is 0 Å². The van der Waals surface area contributed by atoms with Gasteiger partial charge in [0.2, 0.25) is 5.91 Å². The van der Waals surface area contributed by atoms with Crippen LogP contribution in [0, 0.1) is 5.82 Å². The molecule has 1 aliphatic rings. The van der Waals surface area contributed by atoms with Crippen LogP contribution in [0.15, 0.2) is 34.5 Å². The van der Waals surface area contributed by atoms with E-state index in [0.717, 1.165) is 27.8 Å². The number of thiophene rings is 1. The van der Waals surface area contributed by atoms with Crippen molar-refractivity contribution in [3.8, 4) is 5.06 Å². The number of ether oxygens (including phenoxy) is 1. The Balaban J connectivity index is 2.16. The Morgan fingerprint density at radius 2 is 2.14 bits per heavy atom. The first-order valence-electron chi connectivity index (χ1n) is 6.17. The van der Waals surface area contributed by atoms with Gasteiger partial charge in [-0.1, -0.05) is 0 Å². The zero-order valence-corrected chi connectivity index (χ0v) is 13.0. The highest BCUT2D eigenvalue weighted by Crippen LogP contribution is 2.38. The maximum Gasteiger partial charge on any atom is 0.269 e. The predicted octanol–water partition coefficient (Wildman–Crippen LogP) is 2.04. The van der Waals surface area contributed by atoms with E-state index in [1.54, 1.807) is 5.38 Å². The molecule has 2 aromatic rings. The molecule has 0 aliphatic carbocycles. The monoisotopic (exact) mass is 342 g/mol. The van der Waals surface area contributed by atoms with E-state index in [4.69, 9.17) is 4.74 Å². The summed E-state index contributed by atoms with van der Waals surface area (Å²) in [4.78, 5) is 11.7. The topological polar surface area (TPSA) is 75.7 Å². The summed E-state index contributed by atoms with van der Waals surface area (Å²) < 4.78 is 45.0. The predicted molar refractivity (Wildman–Crippen MR) is 80.4 cm³/mol. The summed E-state index contributed by atoms with van der Waals surface area (Å²) in [7, 11) is -2.67. The number of carbonyl (C=O) groups is 1. The average molecular weight is 342 g/mol. The summed E-state index contributed by atoms with van der Waals surface area (Å²) in [6.07, 6.45) is 0. The number of hydrogen-bond donors (Lipinski definition) is 1. The third-order valence-corrected chi connectivity index (χ3v) is 5.92. The highest BCUT2D eigenvalue weighted by molar-refractivity contribution is 7.93. The molecule has 0 saturated carbocycles. The number of carbonyl (C=O) groups excluding carboxylic acids is 1. The smallest absolute Gasteiger partial charge is 0.269 e. The Morgan fingerprint density at radius 1 is 1.36 bits per heavy atom. The van der Waals surface area contributed by atoms with Crippen molar-refractivity contribution in [2.45, 2.75) is 4.90 Å². The molecule has 22 heavy (non-hydrogen) atoms. The van der Waals surface area contributed by atoms with Gasteiger partial charge in [0.15, 0.2) is 5.06 Å². The fourth-order valence-corrected chi connectivity index (χ4v) is 4.80. The largest absolute Gasteiger partial charge is 0.486 e. The fourth-order valence-electron chi connectivity index (χ4n) is 2.18. The Morgan fingerprint density at radius 3 is 2.86 bits per heavy atom. The normalized spacial score (nSPS) is 14.5. The fraction of sp³-hybridized carbons (Fsp3) is 0.154. The lowest BCUT2D eigenvalue weighted by atomic mass is 10.2. The number of hydrogen-bond acceptors (Lipinski definition) is 5. The number of nitrogens with one attached hydrogen (secondary N) is 1. The second-order valence-electron chi connectivity index (χ2n) is 4.50. The van der Waals surface area contributed by atoms with Gasteiger partial charge < -0.3 is 10.1 Å². The van der Waals surface area contributed by atoms with Crippen LogP contribution in [0.5, 0.6) is 5.06 Å². The maximum absolute atomic E-state index is 13.5. The van der Waals surface area contributed by atoms with Gasteiger partial charge in [0.1, 0.15) is 17.3 Å². The number of sulfonamides is 1. The van der Waals surface area contributed by atoms with Gasteiger partial charge in [-0.05, 0) is 23.6 Å². The van der Waals surface area contributed by atoms with Crippen LogP contribution in [-0.2, 0) is 14.8 Å². The molecule has 1 aromatic carbocycles. The molecule has 1 N–H and O–H groups in total. The van der Waals surface area contributed by atoms with Crippen molar-refractivity contribution in [2.24, 2.45) is 0 Å². The molecule has 0 bridgehead atoms. The molecule has 116 valence electrons. The summed E-state index contributed by atoms with van der Waals surface area (Å²) in [5.41, 5.74) is 0.336. The van der Waals surface area contributed by atoms with Crippen molar-refractivity contribution in [1.82, 2.24) is 0 Å². The van der Waals surface area contributed by atoms with Gasteiger partial charge in [-0.2, -0.15) is 0 Å². The van der Waals surface area contributed by atoms with E-state index in [1.165, 1.54) is 19.2 Å². The summed E-state index contributed by atoms with van der Waals surface area (Å²) in [6.45, 7) is -0.419. The van der Waals surface area contributed by atoms with Crippen molar-refractivity contribution in [1.29, 1.82) is 0 Å². The number of benzene rings is 1. The summed E-state index contributed by atoms with van der Waals surface area (Å²) in [6, 6.07) is 4.95. The number of anilines is 2. The van der Waals surface area contributed by atoms with Gasteiger partial charge in [0.25, 0.3) is 10.0 Å². The Bertz CT molecular complexity index is 847. The highest BCUT2D eigenvalue weighted by Gasteiger charge is 2.35. The third-order valence-electron chi connectivity index (χ3n) is 3.14. The minimum absolute atomic E-state index is 0.0510. The third kappa shape index (κ3) is 2.32. The molecule has 0 radical (unpaired) electrons. The van der Waals surface area contributed by atoms with Crippen molar-refractivity contribution in [3.05, 3.63) is 35.5 Å². The first-order valence-corrected chi connectivity index (χ1v) is 8.49. The Hall–Kier alpha value is -2.13. The van der Waals surface area contributed by atoms with Crippen LogP contribution in [-0.4, -0.2) is 28.0 Å². The minimum atomic E-state index is -4.03. The average Bonchev–Trinajstić information content (AvgIpc) is 2.96. The molecule has 0 saturated heterocycles. The highest BCUT2D eigenvalue weighted by atomic mass is 32.2. The van der Waals surface area contributed by atoms with Crippen molar-refractivity contribution >= 4 is 38.6 Å². The summed E-state index contributed by atoms with van der Waals surface area (Å²) >= 11 is 1.12. The van der Waals surface area contributed by atoms with Crippen LogP contribution >= 0.6 is 11.3 Å². The molecule has 6 nitrogen and oxygen atoms in total.